The van der Waals surface area contributed by atoms with Gasteiger partial charge in [0.25, 0.3) is 15.9 Å². The molecule has 12 heteroatoms. The fourth-order valence-corrected chi connectivity index (χ4v) is 4.30. The van der Waals surface area contributed by atoms with Crippen LogP contribution in [0.15, 0.2) is 83.8 Å². The van der Waals surface area contributed by atoms with Gasteiger partial charge in [-0.05, 0) is 48.5 Å². The van der Waals surface area contributed by atoms with Crippen molar-refractivity contribution >= 4 is 33.3 Å². The van der Waals surface area contributed by atoms with Crippen LogP contribution in [0.5, 0.6) is 5.75 Å². The molecule has 0 bridgehead atoms. The van der Waals surface area contributed by atoms with Crippen molar-refractivity contribution < 1.29 is 40.7 Å². The van der Waals surface area contributed by atoms with Gasteiger partial charge in [0.05, 0.1) is 11.3 Å². The maximum atomic E-state index is 13.1. The number of para-hydroxylation sites is 1. The van der Waals surface area contributed by atoms with Gasteiger partial charge in [-0.25, -0.2) is 13.2 Å². The highest BCUT2D eigenvalue weighted by Gasteiger charge is 2.31. The number of ether oxygens (including phenoxy) is 2. The normalized spacial score (nSPS) is 11.4. The zero-order valence-corrected chi connectivity index (χ0v) is 19.0. The minimum absolute atomic E-state index is 0.132. The Bertz CT molecular complexity index is 1300. The number of esters is 1. The number of hydrogen-bond donors (Lipinski definition) is 1. The maximum absolute atomic E-state index is 13.1. The largest absolute Gasteiger partial charge is 0.573 e. The van der Waals surface area contributed by atoms with Gasteiger partial charge < -0.3 is 14.8 Å². The Kier molecular flexibility index (Phi) is 7.65. The first-order chi connectivity index (χ1) is 16.5. The summed E-state index contributed by atoms with van der Waals surface area (Å²) in [6.45, 7) is -0.761. The zero-order valence-electron chi connectivity index (χ0n) is 18.2. The molecule has 0 aromatic heterocycles. The Morgan fingerprint density at radius 3 is 2.14 bits per heavy atom. The Balaban J connectivity index is 1.66. The fourth-order valence-electron chi connectivity index (χ4n) is 2.93. The van der Waals surface area contributed by atoms with Crippen LogP contribution in [0.2, 0.25) is 0 Å². The van der Waals surface area contributed by atoms with E-state index < -0.39 is 40.6 Å². The molecule has 3 aromatic carbocycles. The quantitative estimate of drug-likeness (QED) is 0.458. The van der Waals surface area contributed by atoms with Crippen molar-refractivity contribution in [1.82, 2.24) is 0 Å². The summed E-state index contributed by atoms with van der Waals surface area (Å²) in [6, 6.07) is 18.0. The second kappa shape index (κ2) is 10.5. The summed E-state index contributed by atoms with van der Waals surface area (Å²) >= 11 is 0. The number of sulfonamides is 1. The third-order valence-corrected chi connectivity index (χ3v) is 6.41. The molecule has 0 spiro atoms. The molecule has 0 saturated carbocycles. The van der Waals surface area contributed by atoms with E-state index in [0.717, 1.165) is 16.4 Å². The number of hydrogen-bond acceptors (Lipinski definition) is 6. The van der Waals surface area contributed by atoms with Crippen molar-refractivity contribution in [3.8, 4) is 5.75 Å². The van der Waals surface area contributed by atoms with Crippen molar-refractivity contribution in [2.75, 3.05) is 23.3 Å². The van der Waals surface area contributed by atoms with Crippen LogP contribution in [0.1, 0.15) is 10.4 Å². The number of halogens is 3. The third kappa shape index (κ3) is 6.73. The lowest BCUT2D eigenvalue weighted by atomic mass is 10.2. The highest BCUT2D eigenvalue weighted by Crippen LogP contribution is 2.26. The van der Waals surface area contributed by atoms with Gasteiger partial charge in [-0.3, -0.25) is 9.10 Å². The van der Waals surface area contributed by atoms with Crippen molar-refractivity contribution in [3.05, 3.63) is 84.4 Å². The molecule has 184 valence electrons. The summed E-state index contributed by atoms with van der Waals surface area (Å²) in [7, 11) is -2.79. The van der Waals surface area contributed by atoms with Crippen LogP contribution in [0.25, 0.3) is 0 Å². The summed E-state index contributed by atoms with van der Waals surface area (Å²) in [6.07, 6.45) is -4.85. The number of alkyl halides is 3. The first-order valence-corrected chi connectivity index (χ1v) is 11.4. The molecule has 1 amide bonds. The molecule has 0 radical (unpaired) electrons. The number of amides is 1. The molecule has 0 aliphatic carbocycles. The molecule has 8 nitrogen and oxygen atoms in total. The Labute approximate surface area is 198 Å². The van der Waals surface area contributed by atoms with Gasteiger partial charge in [0.2, 0.25) is 0 Å². The van der Waals surface area contributed by atoms with Gasteiger partial charge in [0.1, 0.15) is 10.6 Å². The Morgan fingerprint density at radius 2 is 1.51 bits per heavy atom. The third-order valence-electron chi connectivity index (χ3n) is 4.57. The lowest BCUT2D eigenvalue weighted by Gasteiger charge is -2.20. The van der Waals surface area contributed by atoms with Crippen molar-refractivity contribution in [2.24, 2.45) is 0 Å². The van der Waals surface area contributed by atoms with Crippen LogP contribution >= 0.6 is 0 Å². The van der Waals surface area contributed by atoms with Crippen molar-refractivity contribution in [1.29, 1.82) is 0 Å². The predicted octanol–water partition coefficient (Wildman–Crippen LogP) is 4.21. The van der Waals surface area contributed by atoms with Crippen LogP contribution in [0.3, 0.4) is 0 Å². The molecule has 3 aromatic rings. The summed E-state index contributed by atoms with van der Waals surface area (Å²) in [4.78, 5) is 24.4. The molecule has 0 fully saturated rings. The molecule has 0 saturated heterocycles. The fraction of sp³-hybridized carbons (Fsp3) is 0.130. The molecule has 0 aliphatic heterocycles. The Hall–Kier alpha value is -4.06. The van der Waals surface area contributed by atoms with E-state index in [4.69, 9.17) is 4.74 Å². The number of carbonyl (C=O) groups is 2. The minimum atomic E-state index is -4.85. The van der Waals surface area contributed by atoms with Gasteiger partial charge >= 0.3 is 12.3 Å². The lowest BCUT2D eigenvalue weighted by molar-refractivity contribution is -0.274. The zero-order chi connectivity index (χ0) is 25.6. The van der Waals surface area contributed by atoms with Crippen molar-refractivity contribution in [3.63, 3.8) is 0 Å². The summed E-state index contributed by atoms with van der Waals surface area (Å²) in [5, 5.41) is 2.34. The molecule has 0 heterocycles. The van der Waals surface area contributed by atoms with Crippen LogP contribution in [0, 0.1) is 0 Å². The monoisotopic (exact) mass is 508 g/mol. The number of rotatable bonds is 8. The van der Waals surface area contributed by atoms with Gasteiger partial charge in [0, 0.05) is 12.7 Å². The van der Waals surface area contributed by atoms with E-state index in [2.05, 4.69) is 10.1 Å². The standard InChI is InChI=1S/C23H19F3N2O6S/c1-28(17-7-3-2-4-8-17)35(31,32)20-10-6-5-9-19(20)22(30)33-15-21(29)27-16-11-13-18(14-12-16)34-23(24,25)26/h2-14H,15H2,1H3,(H,27,29). The second-order valence-electron chi connectivity index (χ2n) is 7.00. The number of carbonyl (C=O) groups excluding carboxylic acids is 2. The molecular weight excluding hydrogens is 489 g/mol. The topological polar surface area (TPSA) is 102 Å². The summed E-state index contributed by atoms with van der Waals surface area (Å²) in [5.74, 6) is -2.31. The van der Waals surface area contributed by atoms with E-state index in [-0.39, 0.29) is 16.1 Å². The average Bonchev–Trinajstić information content (AvgIpc) is 2.83. The number of nitrogens with zero attached hydrogens (tertiary/aromatic N) is 1. The SMILES string of the molecule is CN(c1ccccc1)S(=O)(=O)c1ccccc1C(=O)OCC(=O)Nc1ccc(OC(F)(F)F)cc1. The highest BCUT2D eigenvalue weighted by atomic mass is 32.2. The van der Waals surface area contributed by atoms with Gasteiger partial charge in [0.15, 0.2) is 6.61 Å². The molecule has 0 atom stereocenters. The van der Waals surface area contributed by atoms with E-state index in [1.165, 1.54) is 43.4 Å². The molecule has 3 rings (SSSR count). The maximum Gasteiger partial charge on any atom is 0.573 e. The first kappa shape index (κ1) is 25.6. The molecule has 0 unspecified atom stereocenters. The van der Waals surface area contributed by atoms with Gasteiger partial charge in [-0.2, -0.15) is 0 Å². The molecule has 1 N–H and O–H groups in total. The van der Waals surface area contributed by atoms with E-state index >= 15 is 0 Å². The van der Waals surface area contributed by atoms with Gasteiger partial charge in [-0.1, -0.05) is 30.3 Å². The van der Waals surface area contributed by atoms with E-state index in [9.17, 15) is 31.2 Å². The van der Waals surface area contributed by atoms with E-state index in [1.54, 1.807) is 30.3 Å². The van der Waals surface area contributed by atoms with Crippen LogP contribution < -0.4 is 14.4 Å². The molecular formula is C23H19F3N2O6S. The van der Waals surface area contributed by atoms with Gasteiger partial charge in [-0.15, -0.1) is 13.2 Å². The highest BCUT2D eigenvalue weighted by molar-refractivity contribution is 7.92. The molecule has 0 aliphatic rings. The van der Waals surface area contributed by atoms with Crippen LogP contribution in [-0.4, -0.2) is 40.3 Å². The predicted molar refractivity (Wildman–Crippen MR) is 121 cm³/mol. The lowest BCUT2D eigenvalue weighted by Crippen LogP contribution is -2.28. The summed E-state index contributed by atoms with van der Waals surface area (Å²) < 4.78 is 72.6. The van der Waals surface area contributed by atoms with E-state index in [0.29, 0.717) is 5.69 Å². The first-order valence-electron chi connectivity index (χ1n) is 9.93. The number of nitrogens with one attached hydrogen (secondary N) is 1. The summed E-state index contributed by atoms with van der Waals surface area (Å²) in [5.41, 5.74) is 0.242. The number of anilines is 2. The number of benzene rings is 3. The minimum Gasteiger partial charge on any atom is -0.452 e. The average molecular weight is 508 g/mol. The Morgan fingerprint density at radius 1 is 0.914 bits per heavy atom. The van der Waals surface area contributed by atoms with E-state index in [1.807, 2.05) is 0 Å². The van der Waals surface area contributed by atoms with Crippen LogP contribution in [-0.2, 0) is 19.6 Å². The smallest absolute Gasteiger partial charge is 0.452 e. The second-order valence-corrected chi connectivity index (χ2v) is 8.94. The van der Waals surface area contributed by atoms with Crippen molar-refractivity contribution in [2.45, 2.75) is 11.3 Å². The van der Waals surface area contributed by atoms with Crippen LogP contribution in [0.4, 0.5) is 24.5 Å². The molecule has 35 heavy (non-hydrogen) atoms.